The smallest absolute Gasteiger partial charge is 0.108 e. The van der Waals surface area contributed by atoms with Crippen LogP contribution in [0, 0.1) is 12.3 Å². The van der Waals surface area contributed by atoms with Crippen LogP contribution in [0.15, 0.2) is 11.9 Å². The lowest BCUT2D eigenvalue weighted by molar-refractivity contribution is 0.450. The van der Waals surface area contributed by atoms with E-state index in [0.717, 1.165) is 12.5 Å². The molecule has 0 radical (unpaired) electrons. The Hall–Kier alpha value is -0.840. The molecule has 62 valence electrons. The van der Waals surface area contributed by atoms with Gasteiger partial charge in [0, 0.05) is 6.08 Å². The highest BCUT2D eigenvalue weighted by Gasteiger charge is 1.93. The van der Waals surface area contributed by atoms with E-state index in [9.17, 15) is 8.78 Å². The Bertz CT molecular complexity index is 153. The van der Waals surface area contributed by atoms with Crippen molar-refractivity contribution in [1.82, 2.24) is 0 Å². The van der Waals surface area contributed by atoms with E-state index in [1.807, 2.05) is 0 Å². The molecule has 11 heavy (non-hydrogen) atoms. The van der Waals surface area contributed by atoms with Crippen LogP contribution in [0.5, 0.6) is 0 Å². The minimum atomic E-state index is -0.319. The second-order valence-corrected chi connectivity index (χ2v) is 2.26. The van der Waals surface area contributed by atoms with E-state index in [2.05, 4.69) is 5.92 Å². The maximum absolute atomic E-state index is 12.5. The Labute approximate surface area is 66.3 Å². The summed E-state index contributed by atoms with van der Waals surface area (Å²) < 4.78 is 24.0. The van der Waals surface area contributed by atoms with E-state index < -0.39 is 0 Å². The predicted molar refractivity (Wildman–Crippen MR) is 42.5 cm³/mol. The van der Waals surface area contributed by atoms with E-state index >= 15 is 0 Å². The molecule has 0 fully saturated rings. The Morgan fingerprint density at radius 1 is 1.36 bits per heavy atom. The van der Waals surface area contributed by atoms with E-state index in [4.69, 9.17) is 6.42 Å². The molecule has 0 unspecified atom stereocenters. The van der Waals surface area contributed by atoms with Gasteiger partial charge in [-0.25, -0.2) is 4.39 Å². The van der Waals surface area contributed by atoms with E-state index in [1.165, 1.54) is 0 Å². The SMILES string of the molecule is C#C/C=C(/F)CCCCCF. The topological polar surface area (TPSA) is 0 Å². The highest BCUT2D eigenvalue weighted by Crippen LogP contribution is 2.09. The molecule has 0 aromatic rings. The van der Waals surface area contributed by atoms with Gasteiger partial charge in [0.1, 0.15) is 5.83 Å². The van der Waals surface area contributed by atoms with Crippen molar-refractivity contribution in [3.05, 3.63) is 11.9 Å². The number of rotatable bonds is 5. The first-order valence-electron chi connectivity index (χ1n) is 3.68. The number of hydrogen-bond donors (Lipinski definition) is 0. The lowest BCUT2D eigenvalue weighted by Crippen LogP contribution is -1.80. The standard InChI is InChI=1S/C9H12F2/c1-2-6-9(11)7-4-3-5-8-10/h1,6H,3-5,7-8H2/b9-6+. The second kappa shape index (κ2) is 7.27. The zero-order valence-electron chi connectivity index (χ0n) is 6.45. The fraction of sp³-hybridized carbons (Fsp3) is 0.556. The van der Waals surface area contributed by atoms with Crippen molar-refractivity contribution in [2.75, 3.05) is 6.67 Å². The number of terminal acetylenes is 1. The second-order valence-electron chi connectivity index (χ2n) is 2.26. The van der Waals surface area contributed by atoms with Crippen LogP contribution in [0.2, 0.25) is 0 Å². The third-order valence-corrected chi connectivity index (χ3v) is 1.29. The van der Waals surface area contributed by atoms with Gasteiger partial charge in [0.15, 0.2) is 0 Å². The maximum atomic E-state index is 12.5. The van der Waals surface area contributed by atoms with Gasteiger partial charge in [-0.2, -0.15) is 0 Å². The van der Waals surface area contributed by atoms with Crippen molar-refractivity contribution in [3.8, 4) is 12.3 Å². The summed E-state index contributed by atoms with van der Waals surface area (Å²) in [5.41, 5.74) is 0. The number of unbranched alkanes of at least 4 members (excludes halogenated alkanes) is 2. The largest absolute Gasteiger partial charge is 0.251 e. The molecule has 0 heterocycles. The summed E-state index contributed by atoms with van der Waals surface area (Å²) in [5, 5.41) is 0. The van der Waals surface area contributed by atoms with Gasteiger partial charge in [-0.1, -0.05) is 12.3 Å². The average Bonchev–Trinajstić information content (AvgIpc) is 1.99. The van der Waals surface area contributed by atoms with Crippen LogP contribution in [0.4, 0.5) is 8.78 Å². The Balaban J connectivity index is 3.26. The fourth-order valence-corrected chi connectivity index (χ4v) is 0.728. The third kappa shape index (κ3) is 7.05. The molecule has 0 aliphatic carbocycles. The number of allylic oxidation sites excluding steroid dienone is 2. The fourth-order valence-electron chi connectivity index (χ4n) is 0.728. The molecular weight excluding hydrogens is 146 g/mol. The van der Waals surface area contributed by atoms with Gasteiger partial charge in [-0.05, 0) is 19.3 Å². The molecule has 0 aliphatic rings. The summed E-state index contributed by atoms with van der Waals surface area (Å²) in [6.45, 7) is -0.319. The molecule has 0 spiro atoms. The molecule has 2 heteroatoms. The average molecular weight is 158 g/mol. The van der Waals surface area contributed by atoms with Crippen LogP contribution in [-0.2, 0) is 0 Å². The van der Waals surface area contributed by atoms with Crippen LogP contribution < -0.4 is 0 Å². The molecule has 0 aromatic carbocycles. The van der Waals surface area contributed by atoms with Crippen LogP contribution in [0.3, 0.4) is 0 Å². The molecule has 0 rings (SSSR count). The summed E-state index contributed by atoms with van der Waals surface area (Å²) in [7, 11) is 0. The Kier molecular flexibility index (Phi) is 6.71. The molecule has 0 aliphatic heterocycles. The van der Waals surface area contributed by atoms with Gasteiger partial charge in [-0.15, -0.1) is 6.42 Å². The zero-order valence-corrected chi connectivity index (χ0v) is 6.45. The summed E-state index contributed by atoms with van der Waals surface area (Å²) in [6.07, 6.45) is 8.19. The summed E-state index contributed by atoms with van der Waals surface area (Å²) >= 11 is 0. The van der Waals surface area contributed by atoms with Crippen LogP contribution in [0.1, 0.15) is 25.7 Å². The molecule has 0 bridgehead atoms. The van der Waals surface area contributed by atoms with Crippen LogP contribution in [-0.4, -0.2) is 6.67 Å². The first kappa shape index (κ1) is 10.2. The predicted octanol–water partition coefficient (Wildman–Crippen LogP) is 3.00. The number of hydrogen-bond acceptors (Lipinski definition) is 0. The first-order valence-corrected chi connectivity index (χ1v) is 3.68. The van der Waals surface area contributed by atoms with Crippen LogP contribution in [0.25, 0.3) is 0 Å². The summed E-state index contributed by atoms with van der Waals surface area (Å²) in [6, 6.07) is 0. The van der Waals surface area contributed by atoms with Crippen molar-refractivity contribution in [2.24, 2.45) is 0 Å². The monoisotopic (exact) mass is 158 g/mol. The Morgan fingerprint density at radius 2 is 2.09 bits per heavy atom. The van der Waals surface area contributed by atoms with Crippen molar-refractivity contribution in [2.45, 2.75) is 25.7 Å². The highest BCUT2D eigenvalue weighted by atomic mass is 19.1. The molecule has 0 saturated heterocycles. The molecule has 0 aromatic heterocycles. The van der Waals surface area contributed by atoms with E-state index in [0.29, 0.717) is 19.3 Å². The maximum Gasteiger partial charge on any atom is 0.108 e. The van der Waals surface area contributed by atoms with Gasteiger partial charge in [0.2, 0.25) is 0 Å². The zero-order chi connectivity index (χ0) is 8.53. The van der Waals surface area contributed by atoms with Crippen molar-refractivity contribution in [1.29, 1.82) is 0 Å². The molecule has 0 nitrogen and oxygen atoms in total. The van der Waals surface area contributed by atoms with E-state index in [-0.39, 0.29) is 12.5 Å². The number of alkyl halides is 1. The van der Waals surface area contributed by atoms with Gasteiger partial charge in [-0.3, -0.25) is 4.39 Å². The molecule has 0 atom stereocenters. The normalized spacial score (nSPS) is 11.2. The highest BCUT2D eigenvalue weighted by molar-refractivity contribution is 5.12. The molecule has 0 amide bonds. The Morgan fingerprint density at radius 3 is 2.64 bits per heavy atom. The van der Waals surface area contributed by atoms with Crippen molar-refractivity contribution in [3.63, 3.8) is 0 Å². The van der Waals surface area contributed by atoms with Gasteiger partial charge in [0.25, 0.3) is 0 Å². The molecular formula is C9H12F2. The number of halogens is 2. The van der Waals surface area contributed by atoms with Crippen molar-refractivity contribution < 1.29 is 8.78 Å². The van der Waals surface area contributed by atoms with Gasteiger partial charge < -0.3 is 0 Å². The summed E-state index contributed by atoms with van der Waals surface area (Å²) in [5.74, 6) is 1.81. The third-order valence-electron chi connectivity index (χ3n) is 1.29. The minimum Gasteiger partial charge on any atom is -0.251 e. The van der Waals surface area contributed by atoms with Gasteiger partial charge >= 0.3 is 0 Å². The molecule has 0 N–H and O–H groups in total. The lowest BCUT2D eigenvalue weighted by atomic mass is 10.2. The lowest BCUT2D eigenvalue weighted by Gasteiger charge is -1.94. The van der Waals surface area contributed by atoms with Gasteiger partial charge in [0.05, 0.1) is 6.67 Å². The van der Waals surface area contributed by atoms with E-state index in [1.54, 1.807) is 0 Å². The van der Waals surface area contributed by atoms with Crippen molar-refractivity contribution >= 4 is 0 Å². The quantitative estimate of drug-likeness (QED) is 0.426. The molecule has 0 saturated carbocycles. The van der Waals surface area contributed by atoms with Crippen LogP contribution >= 0.6 is 0 Å². The minimum absolute atomic E-state index is 0.286. The summed E-state index contributed by atoms with van der Waals surface area (Å²) in [4.78, 5) is 0. The first-order chi connectivity index (χ1) is 5.31.